The smallest absolute Gasteiger partial charge is 0.285 e. The Morgan fingerprint density at radius 3 is 2.38 bits per heavy atom. The third kappa shape index (κ3) is 2.54. The van der Waals surface area contributed by atoms with Crippen LogP contribution in [0.5, 0.6) is 0 Å². The Morgan fingerprint density at radius 1 is 1.21 bits per heavy atom. The van der Waals surface area contributed by atoms with Crippen molar-refractivity contribution in [2.24, 2.45) is 0 Å². The van der Waals surface area contributed by atoms with E-state index in [0.29, 0.717) is 16.6 Å². The number of aromatic amines is 1. The van der Waals surface area contributed by atoms with Gasteiger partial charge in [0.1, 0.15) is 5.69 Å². The van der Waals surface area contributed by atoms with Gasteiger partial charge in [-0.3, -0.25) is 4.98 Å². The van der Waals surface area contributed by atoms with E-state index >= 15 is 0 Å². The van der Waals surface area contributed by atoms with Crippen molar-refractivity contribution >= 4 is 17.4 Å². The first kappa shape index (κ1) is 16.4. The van der Waals surface area contributed by atoms with E-state index in [-0.39, 0.29) is 10.8 Å². The van der Waals surface area contributed by atoms with Crippen molar-refractivity contribution in [3.8, 4) is 11.1 Å². The molecule has 0 aliphatic rings. The van der Waals surface area contributed by atoms with Gasteiger partial charge in [0.05, 0.1) is 5.56 Å². The minimum Gasteiger partial charge on any atom is -0.285 e. The summed E-state index contributed by atoms with van der Waals surface area (Å²) in [6.45, 7) is 0. The number of rotatable bonds is 3. The molecule has 5 nitrogen and oxygen atoms in total. The van der Waals surface area contributed by atoms with Crippen molar-refractivity contribution < 1.29 is 22.0 Å². The highest BCUT2D eigenvalue weighted by Crippen LogP contribution is 2.34. The van der Waals surface area contributed by atoms with Crippen molar-refractivity contribution in [2.45, 2.75) is 11.6 Å². The van der Waals surface area contributed by atoms with Gasteiger partial charge in [-0.1, -0.05) is 11.8 Å². The average Bonchev–Trinajstić information content (AvgIpc) is 2.92. The molecule has 1 N–H and O–H groups in total. The fraction of sp³-hybridized carbons (Fsp3) is 0.154. The lowest BCUT2D eigenvalue weighted by Gasteiger charge is -2.05. The fourth-order valence-electron chi connectivity index (χ4n) is 2.17. The summed E-state index contributed by atoms with van der Waals surface area (Å²) < 4.78 is 67.1. The van der Waals surface area contributed by atoms with E-state index in [2.05, 4.69) is 15.1 Å². The number of nitrogens with zero attached hydrogens (tertiary/aromatic N) is 3. The molecular formula is C13H7F5N4OS. The molecule has 0 spiro atoms. The van der Waals surface area contributed by atoms with Gasteiger partial charge in [-0.2, -0.15) is 9.61 Å². The van der Waals surface area contributed by atoms with Crippen LogP contribution in [0.25, 0.3) is 16.8 Å². The Kier molecular flexibility index (Phi) is 4.03. The molecule has 126 valence electrons. The molecule has 24 heavy (non-hydrogen) atoms. The van der Waals surface area contributed by atoms with Gasteiger partial charge in [-0.25, -0.2) is 31.7 Å². The first-order valence-corrected chi connectivity index (χ1v) is 7.56. The van der Waals surface area contributed by atoms with Gasteiger partial charge in [0.2, 0.25) is 0 Å². The molecule has 0 atom stereocenters. The topological polar surface area (TPSA) is 63.1 Å². The number of hydrogen-bond acceptors (Lipinski definition) is 4. The lowest BCUT2D eigenvalue weighted by atomic mass is 10.1. The maximum atomic E-state index is 13.5. The number of H-pyrrole nitrogens is 1. The van der Waals surface area contributed by atoms with Crippen LogP contribution >= 0.6 is 11.8 Å². The first-order valence-electron chi connectivity index (χ1n) is 6.33. The predicted octanol–water partition coefficient (Wildman–Crippen LogP) is 3.16. The van der Waals surface area contributed by atoms with Crippen molar-refractivity contribution in [1.29, 1.82) is 0 Å². The number of thioether (sulfide) groups is 1. The molecule has 0 bridgehead atoms. The average molecular weight is 362 g/mol. The molecule has 0 radical (unpaired) electrons. The lowest BCUT2D eigenvalue weighted by Crippen LogP contribution is -2.19. The Labute approximate surface area is 134 Å². The van der Waals surface area contributed by atoms with E-state index in [1.807, 2.05) is 0 Å². The second-order valence-corrected chi connectivity index (χ2v) is 5.40. The van der Waals surface area contributed by atoms with Crippen LogP contribution in [0.2, 0.25) is 0 Å². The number of fused-ring (bicyclic) bond motifs is 1. The predicted molar refractivity (Wildman–Crippen MR) is 75.7 cm³/mol. The maximum Gasteiger partial charge on any atom is 0.350 e. The largest absolute Gasteiger partial charge is 0.350 e. The zero-order valence-corrected chi connectivity index (χ0v) is 12.6. The van der Waals surface area contributed by atoms with Crippen LogP contribution in [0.4, 0.5) is 22.0 Å². The van der Waals surface area contributed by atoms with Gasteiger partial charge in [0.25, 0.3) is 6.43 Å². The zero-order chi connectivity index (χ0) is 17.6. The summed E-state index contributed by atoms with van der Waals surface area (Å²) >= 11 is 1.02. The summed E-state index contributed by atoms with van der Waals surface area (Å²) in [5.41, 5.74) is -2.90. The fourth-order valence-corrected chi connectivity index (χ4v) is 2.53. The van der Waals surface area contributed by atoms with Gasteiger partial charge >= 0.3 is 5.69 Å². The minimum atomic E-state index is -3.14. The van der Waals surface area contributed by atoms with Crippen LogP contribution in [0, 0.1) is 17.5 Å². The highest BCUT2D eigenvalue weighted by atomic mass is 32.2. The Hall–Kier alpha value is -2.43. The van der Waals surface area contributed by atoms with Gasteiger partial charge in [0.15, 0.2) is 28.3 Å². The highest BCUT2D eigenvalue weighted by Gasteiger charge is 2.26. The minimum absolute atomic E-state index is 0.0949. The molecule has 3 aromatic rings. The van der Waals surface area contributed by atoms with E-state index in [1.165, 1.54) is 0 Å². The summed E-state index contributed by atoms with van der Waals surface area (Å²) in [6.07, 6.45) is -1.56. The van der Waals surface area contributed by atoms with E-state index in [9.17, 15) is 26.7 Å². The van der Waals surface area contributed by atoms with Crippen LogP contribution in [0.15, 0.2) is 22.1 Å². The molecule has 1 aromatic carbocycles. The Balaban J connectivity index is 2.43. The molecule has 0 unspecified atom stereocenters. The zero-order valence-electron chi connectivity index (χ0n) is 11.8. The number of nitrogens with one attached hydrogen (secondary N) is 1. The summed E-state index contributed by atoms with van der Waals surface area (Å²) in [5.74, 6) is -4.84. The third-order valence-electron chi connectivity index (χ3n) is 3.17. The van der Waals surface area contributed by atoms with E-state index in [4.69, 9.17) is 0 Å². The SMILES string of the molecule is CSc1nc2c(-c3cc(F)c(F)c(F)c3)c(C(F)F)nn2c(=O)[nH]1. The monoisotopic (exact) mass is 362 g/mol. The maximum absolute atomic E-state index is 13.5. The number of benzene rings is 1. The third-order valence-corrected chi connectivity index (χ3v) is 3.75. The molecule has 0 aliphatic heterocycles. The molecule has 2 heterocycles. The van der Waals surface area contributed by atoms with E-state index in [1.54, 1.807) is 6.26 Å². The second kappa shape index (κ2) is 5.89. The molecule has 0 fully saturated rings. The number of aromatic nitrogens is 4. The summed E-state index contributed by atoms with van der Waals surface area (Å²) in [7, 11) is 0. The summed E-state index contributed by atoms with van der Waals surface area (Å²) in [6, 6.07) is 1.09. The molecule has 2 aromatic heterocycles. The van der Waals surface area contributed by atoms with Crippen LogP contribution in [-0.4, -0.2) is 25.8 Å². The number of halogens is 5. The Morgan fingerprint density at radius 2 is 1.83 bits per heavy atom. The van der Waals surface area contributed by atoms with Crippen LogP contribution in [-0.2, 0) is 0 Å². The standard InChI is InChI=1S/C13H7F5N4OS/c1-24-12-19-11-7(4-2-5(14)8(16)6(15)3-4)9(10(17)18)21-22(11)13(23)20-12/h2-3,10H,1H3,(H,19,20,23). The van der Waals surface area contributed by atoms with Gasteiger partial charge in [-0.15, -0.1) is 0 Å². The van der Waals surface area contributed by atoms with E-state index < -0.39 is 46.4 Å². The lowest BCUT2D eigenvalue weighted by molar-refractivity contribution is 0.146. The molecule has 0 amide bonds. The molecule has 3 rings (SSSR count). The van der Waals surface area contributed by atoms with Crippen molar-refractivity contribution in [3.05, 3.63) is 45.8 Å². The Bertz CT molecular complexity index is 977. The van der Waals surface area contributed by atoms with E-state index in [0.717, 1.165) is 11.8 Å². The van der Waals surface area contributed by atoms with Crippen molar-refractivity contribution in [2.75, 3.05) is 6.26 Å². The summed E-state index contributed by atoms with van der Waals surface area (Å²) in [5, 5.41) is 3.55. The number of alkyl halides is 2. The molecule has 0 saturated carbocycles. The van der Waals surface area contributed by atoms with Gasteiger partial charge in [-0.05, 0) is 24.0 Å². The molecule has 0 aliphatic carbocycles. The van der Waals surface area contributed by atoms with Crippen molar-refractivity contribution in [1.82, 2.24) is 19.6 Å². The molecule has 11 heteroatoms. The van der Waals surface area contributed by atoms with Gasteiger partial charge in [0, 0.05) is 0 Å². The van der Waals surface area contributed by atoms with Crippen LogP contribution in [0.3, 0.4) is 0 Å². The van der Waals surface area contributed by atoms with Crippen LogP contribution in [0.1, 0.15) is 12.1 Å². The molecule has 0 saturated heterocycles. The van der Waals surface area contributed by atoms with Crippen LogP contribution < -0.4 is 5.69 Å². The highest BCUT2D eigenvalue weighted by molar-refractivity contribution is 7.98. The van der Waals surface area contributed by atoms with Gasteiger partial charge < -0.3 is 0 Å². The summed E-state index contributed by atoms with van der Waals surface area (Å²) in [4.78, 5) is 18.2. The molecular weight excluding hydrogens is 355 g/mol. The number of hydrogen-bond donors (Lipinski definition) is 1. The quantitative estimate of drug-likeness (QED) is 0.442. The second-order valence-electron chi connectivity index (χ2n) is 4.60. The van der Waals surface area contributed by atoms with Crippen molar-refractivity contribution in [3.63, 3.8) is 0 Å². The normalized spacial score (nSPS) is 11.6. The first-order chi connectivity index (χ1) is 11.3.